The van der Waals surface area contributed by atoms with E-state index >= 15 is 0 Å². The van der Waals surface area contributed by atoms with E-state index < -0.39 is 0 Å². The van der Waals surface area contributed by atoms with Gasteiger partial charge in [0, 0.05) is 29.3 Å². The average molecular weight is 374 g/mol. The van der Waals surface area contributed by atoms with E-state index in [-0.39, 0.29) is 11.9 Å². The summed E-state index contributed by atoms with van der Waals surface area (Å²) in [5.74, 6) is -0.206. The Labute approximate surface area is 125 Å². The molecule has 0 radical (unpaired) electrons. The molecule has 1 atom stereocenters. The second-order valence-electron chi connectivity index (χ2n) is 4.36. The molecule has 1 aromatic carbocycles. The third kappa shape index (κ3) is 3.73. The van der Waals surface area contributed by atoms with Gasteiger partial charge in [0.2, 0.25) is 0 Å². The third-order valence-electron chi connectivity index (χ3n) is 2.85. The topological polar surface area (TPSA) is 42.7 Å². The van der Waals surface area contributed by atoms with Crippen LogP contribution in [-0.4, -0.2) is 21.5 Å². The molecule has 0 aliphatic carbocycles. The zero-order valence-electron chi connectivity index (χ0n) is 10.9. The molecule has 0 fully saturated rings. The smallest absolute Gasteiger partial charge is 0.124 e. The van der Waals surface area contributed by atoms with Gasteiger partial charge >= 0.3 is 0 Å². The number of halogens is 2. The van der Waals surface area contributed by atoms with E-state index in [9.17, 15) is 4.39 Å². The number of hydrogen-bond donors (Lipinski definition) is 1. The summed E-state index contributed by atoms with van der Waals surface area (Å²) in [6.45, 7) is 2.90. The van der Waals surface area contributed by atoms with Gasteiger partial charge in [-0.2, -0.15) is 0 Å². The molecule has 2 rings (SSSR count). The molecule has 4 nitrogen and oxygen atoms in total. The molecule has 0 saturated carbocycles. The lowest BCUT2D eigenvalue weighted by Crippen LogP contribution is -2.24. The highest BCUT2D eigenvalue weighted by molar-refractivity contribution is 14.1. The Morgan fingerprint density at radius 1 is 1.47 bits per heavy atom. The van der Waals surface area contributed by atoms with Gasteiger partial charge in [-0.05, 0) is 46.8 Å². The van der Waals surface area contributed by atoms with Crippen molar-refractivity contribution in [3.05, 3.63) is 45.0 Å². The molecule has 19 heavy (non-hydrogen) atoms. The van der Waals surface area contributed by atoms with Gasteiger partial charge in [0.1, 0.15) is 5.82 Å². The van der Waals surface area contributed by atoms with Crippen molar-refractivity contribution in [1.29, 1.82) is 0 Å². The first-order valence-corrected chi connectivity index (χ1v) is 7.21. The maximum absolute atomic E-state index is 13.2. The minimum atomic E-state index is -0.206. The molecular formula is C13H16FIN4. The van der Waals surface area contributed by atoms with Gasteiger partial charge in [-0.3, -0.25) is 4.68 Å². The normalized spacial score (nSPS) is 12.6. The van der Waals surface area contributed by atoms with E-state index in [2.05, 4.69) is 45.1 Å². The average Bonchev–Trinajstić information content (AvgIpc) is 2.74. The lowest BCUT2D eigenvalue weighted by molar-refractivity contribution is 0.539. The minimum Gasteiger partial charge on any atom is -0.310 e. The second-order valence-corrected chi connectivity index (χ2v) is 5.53. The summed E-state index contributed by atoms with van der Waals surface area (Å²) in [6, 6.07) is 5.00. The van der Waals surface area contributed by atoms with Gasteiger partial charge in [-0.1, -0.05) is 18.2 Å². The predicted octanol–water partition coefficient (Wildman–Crippen LogP) is 2.45. The van der Waals surface area contributed by atoms with Crippen LogP contribution in [0.1, 0.15) is 24.2 Å². The van der Waals surface area contributed by atoms with Crippen LogP contribution in [0.25, 0.3) is 0 Å². The molecule has 6 heteroatoms. The molecule has 0 aliphatic rings. The summed E-state index contributed by atoms with van der Waals surface area (Å²) < 4.78 is 15.8. The Bertz CT molecular complexity index is 555. The zero-order valence-corrected chi connectivity index (χ0v) is 13.1. The van der Waals surface area contributed by atoms with Crippen molar-refractivity contribution in [2.75, 3.05) is 6.54 Å². The fraction of sp³-hybridized carbons (Fsp3) is 0.385. The Kier molecular flexibility index (Phi) is 4.87. The van der Waals surface area contributed by atoms with Crippen LogP contribution >= 0.6 is 22.6 Å². The summed E-state index contributed by atoms with van der Waals surface area (Å²) in [6.07, 6.45) is 2.64. The van der Waals surface area contributed by atoms with Crippen molar-refractivity contribution in [2.24, 2.45) is 7.05 Å². The fourth-order valence-electron chi connectivity index (χ4n) is 2.02. The highest BCUT2D eigenvalue weighted by Crippen LogP contribution is 2.23. The molecule has 1 unspecified atom stereocenters. The summed E-state index contributed by atoms with van der Waals surface area (Å²) in [5, 5.41) is 11.5. The van der Waals surface area contributed by atoms with Crippen molar-refractivity contribution in [1.82, 2.24) is 20.3 Å². The van der Waals surface area contributed by atoms with Crippen molar-refractivity contribution in [3.8, 4) is 0 Å². The van der Waals surface area contributed by atoms with E-state index in [1.165, 1.54) is 6.07 Å². The van der Waals surface area contributed by atoms with Crippen LogP contribution in [0.5, 0.6) is 0 Å². The molecule has 1 aromatic heterocycles. The molecule has 1 N–H and O–H groups in total. The molecule has 1 heterocycles. The molecule has 102 valence electrons. The largest absolute Gasteiger partial charge is 0.310 e. The van der Waals surface area contributed by atoms with Crippen LogP contribution < -0.4 is 5.32 Å². The first kappa shape index (κ1) is 14.4. The minimum absolute atomic E-state index is 0.120. The Morgan fingerprint density at radius 2 is 2.26 bits per heavy atom. The number of rotatable bonds is 5. The maximum atomic E-state index is 13.2. The summed E-state index contributed by atoms with van der Waals surface area (Å²) in [5.41, 5.74) is 2.02. The zero-order chi connectivity index (χ0) is 13.8. The SMILES string of the molecule is CCNC(Cc1cn(C)nn1)c1ccc(F)cc1I. The van der Waals surface area contributed by atoms with Crippen LogP contribution in [0, 0.1) is 9.39 Å². The van der Waals surface area contributed by atoms with Gasteiger partial charge in [0.25, 0.3) is 0 Å². The van der Waals surface area contributed by atoms with E-state index in [0.29, 0.717) is 0 Å². The summed E-state index contributed by atoms with van der Waals surface area (Å²) >= 11 is 2.17. The van der Waals surface area contributed by atoms with E-state index in [0.717, 1.165) is 27.8 Å². The van der Waals surface area contributed by atoms with Crippen LogP contribution in [0.3, 0.4) is 0 Å². The predicted molar refractivity (Wildman–Crippen MR) is 80.2 cm³/mol. The molecule has 0 aliphatic heterocycles. The van der Waals surface area contributed by atoms with Gasteiger partial charge in [0.15, 0.2) is 0 Å². The van der Waals surface area contributed by atoms with Crippen molar-refractivity contribution in [3.63, 3.8) is 0 Å². The molecule has 0 bridgehead atoms. The third-order valence-corrected chi connectivity index (χ3v) is 3.79. The lowest BCUT2D eigenvalue weighted by atomic mass is 10.0. The van der Waals surface area contributed by atoms with E-state index in [4.69, 9.17) is 0 Å². The number of nitrogens with one attached hydrogen (secondary N) is 1. The van der Waals surface area contributed by atoms with Crippen molar-refractivity contribution in [2.45, 2.75) is 19.4 Å². The number of likely N-dealkylation sites (N-methyl/N-ethyl adjacent to an activating group) is 1. The van der Waals surface area contributed by atoms with Crippen LogP contribution in [0.15, 0.2) is 24.4 Å². The molecular weight excluding hydrogens is 358 g/mol. The number of benzene rings is 1. The monoisotopic (exact) mass is 374 g/mol. The molecule has 0 amide bonds. The Hall–Kier alpha value is -1.02. The standard InChI is InChI=1S/C13H16FIN4/c1-3-16-13(7-10-8-19(2)18-17-10)11-5-4-9(14)6-12(11)15/h4-6,8,13,16H,3,7H2,1-2H3. The van der Waals surface area contributed by atoms with E-state index in [1.54, 1.807) is 10.7 Å². The first-order chi connectivity index (χ1) is 9.10. The first-order valence-electron chi connectivity index (χ1n) is 6.13. The van der Waals surface area contributed by atoms with Crippen LogP contribution in [-0.2, 0) is 13.5 Å². The molecule has 2 aromatic rings. The quantitative estimate of drug-likeness (QED) is 0.818. The van der Waals surface area contributed by atoms with Crippen molar-refractivity contribution < 1.29 is 4.39 Å². The highest BCUT2D eigenvalue weighted by Gasteiger charge is 2.16. The fourth-order valence-corrected chi connectivity index (χ4v) is 2.87. The second kappa shape index (κ2) is 6.42. The Balaban J connectivity index is 2.23. The molecule has 0 spiro atoms. The number of aryl methyl sites for hydroxylation is 1. The van der Waals surface area contributed by atoms with Gasteiger partial charge in [-0.25, -0.2) is 4.39 Å². The summed E-state index contributed by atoms with van der Waals surface area (Å²) in [4.78, 5) is 0. The number of nitrogens with zero attached hydrogens (tertiary/aromatic N) is 3. The van der Waals surface area contributed by atoms with E-state index in [1.807, 2.05) is 19.3 Å². The highest BCUT2D eigenvalue weighted by atomic mass is 127. The molecule has 0 saturated heterocycles. The van der Waals surface area contributed by atoms with Crippen LogP contribution in [0.2, 0.25) is 0 Å². The number of aromatic nitrogens is 3. The number of hydrogen-bond acceptors (Lipinski definition) is 3. The van der Waals surface area contributed by atoms with Gasteiger partial charge < -0.3 is 5.32 Å². The van der Waals surface area contributed by atoms with Crippen LogP contribution in [0.4, 0.5) is 4.39 Å². The van der Waals surface area contributed by atoms with Gasteiger partial charge in [-0.15, -0.1) is 5.10 Å². The summed E-state index contributed by atoms with van der Waals surface area (Å²) in [7, 11) is 1.85. The van der Waals surface area contributed by atoms with Gasteiger partial charge in [0.05, 0.1) is 5.69 Å². The van der Waals surface area contributed by atoms with Crippen molar-refractivity contribution >= 4 is 22.6 Å². The lowest BCUT2D eigenvalue weighted by Gasteiger charge is -2.18. The maximum Gasteiger partial charge on any atom is 0.124 e. The Morgan fingerprint density at radius 3 is 2.84 bits per heavy atom.